The zero-order chi connectivity index (χ0) is 25.2. The van der Waals surface area contributed by atoms with E-state index < -0.39 is 30.0 Å². The summed E-state index contributed by atoms with van der Waals surface area (Å²) in [4.78, 5) is -1.02. The summed E-state index contributed by atoms with van der Waals surface area (Å²) >= 11 is 0. The van der Waals surface area contributed by atoms with E-state index in [0.29, 0.717) is 11.1 Å². The SMILES string of the molecule is Nc1ccc(/N=N/c2ccc(/N=N/c3ccccc3)cc2S(=O)(=O)O)c2c(S(=O)(=O)O)cccc12. The molecule has 35 heavy (non-hydrogen) atoms. The number of fused-ring (bicyclic) bond motifs is 1. The molecule has 0 fully saturated rings. The van der Waals surface area contributed by atoms with Gasteiger partial charge in [0.2, 0.25) is 0 Å². The van der Waals surface area contributed by atoms with Gasteiger partial charge in [-0.05, 0) is 48.5 Å². The minimum atomic E-state index is -4.74. The van der Waals surface area contributed by atoms with Gasteiger partial charge in [-0.15, -0.1) is 10.2 Å². The van der Waals surface area contributed by atoms with Crippen LogP contribution >= 0.6 is 0 Å². The molecular formula is C22H17N5O6S2. The highest BCUT2D eigenvalue weighted by Crippen LogP contribution is 2.37. The van der Waals surface area contributed by atoms with Crippen molar-refractivity contribution < 1.29 is 25.9 Å². The van der Waals surface area contributed by atoms with Crippen molar-refractivity contribution in [1.29, 1.82) is 0 Å². The third kappa shape index (κ3) is 5.38. The molecule has 4 N–H and O–H groups in total. The highest BCUT2D eigenvalue weighted by atomic mass is 32.2. The first-order valence-corrected chi connectivity index (χ1v) is 12.7. The zero-order valence-corrected chi connectivity index (χ0v) is 19.3. The Hall–Kier alpha value is -4.04. The molecule has 13 heteroatoms. The summed E-state index contributed by atoms with van der Waals surface area (Å²) in [7, 11) is -9.37. The van der Waals surface area contributed by atoms with E-state index >= 15 is 0 Å². The molecule has 0 amide bonds. The summed E-state index contributed by atoms with van der Waals surface area (Å²) < 4.78 is 67.1. The smallest absolute Gasteiger partial charge is 0.296 e. The van der Waals surface area contributed by atoms with Crippen molar-refractivity contribution in [3.63, 3.8) is 0 Å². The van der Waals surface area contributed by atoms with E-state index in [1.54, 1.807) is 30.3 Å². The van der Waals surface area contributed by atoms with Gasteiger partial charge < -0.3 is 5.73 Å². The van der Waals surface area contributed by atoms with E-state index in [0.717, 1.165) is 6.07 Å². The van der Waals surface area contributed by atoms with Crippen LogP contribution in [0, 0.1) is 0 Å². The molecule has 0 aliphatic carbocycles. The van der Waals surface area contributed by atoms with Gasteiger partial charge in [0.25, 0.3) is 20.2 Å². The van der Waals surface area contributed by atoms with Gasteiger partial charge in [0.1, 0.15) is 15.5 Å². The van der Waals surface area contributed by atoms with Crippen molar-refractivity contribution in [2.24, 2.45) is 20.5 Å². The highest BCUT2D eigenvalue weighted by Gasteiger charge is 2.19. The molecule has 0 atom stereocenters. The summed E-state index contributed by atoms with van der Waals surface area (Å²) in [5.41, 5.74) is 6.59. The quantitative estimate of drug-likeness (QED) is 0.167. The molecule has 178 valence electrons. The van der Waals surface area contributed by atoms with Crippen molar-refractivity contribution in [2.45, 2.75) is 9.79 Å². The van der Waals surface area contributed by atoms with Crippen LogP contribution in [0.1, 0.15) is 0 Å². The Bertz CT molecular complexity index is 1700. The van der Waals surface area contributed by atoms with Crippen molar-refractivity contribution >= 4 is 59.4 Å². The number of benzene rings is 4. The Labute approximate surface area is 200 Å². The van der Waals surface area contributed by atoms with Crippen LogP contribution in [0.25, 0.3) is 10.8 Å². The Morgan fingerprint density at radius 3 is 1.91 bits per heavy atom. The predicted octanol–water partition coefficient (Wildman–Crippen LogP) is 5.75. The minimum absolute atomic E-state index is 0.000405. The third-order valence-electron chi connectivity index (χ3n) is 4.82. The lowest BCUT2D eigenvalue weighted by Gasteiger charge is -2.09. The summed E-state index contributed by atoms with van der Waals surface area (Å²) in [6, 6.07) is 19.4. The molecule has 11 nitrogen and oxygen atoms in total. The molecule has 0 aliphatic heterocycles. The molecule has 0 bridgehead atoms. The number of nitrogens with zero attached hydrogens (tertiary/aromatic N) is 4. The topological polar surface area (TPSA) is 184 Å². The van der Waals surface area contributed by atoms with Crippen molar-refractivity contribution in [3.8, 4) is 0 Å². The van der Waals surface area contributed by atoms with E-state index in [9.17, 15) is 25.9 Å². The van der Waals surface area contributed by atoms with Crippen LogP contribution in [0.3, 0.4) is 0 Å². The summed E-state index contributed by atoms with van der Waals surface area (Å²) in [5, 5.41) is 16.1. The van der Waals surface area contributed by atoms with Gasteiger partial charge in [-0.25, -0.2) is 0 Å². The van der Waals surface area contributed by atoms with E-state index in [-0.39, 0.29) is 28.1 Å². The summed E-state index contributed by atoms with van der Waals surface area (Å²) in [5.74, 6) is 0. The lowest BCUT2D eigenvalue weighted by molar-refractivity contribution is 0.481. The molecule has 0 heterocycles. The minimum Gasteiger partial charge on any atom is -0.398 e. The normalized spacial score (nSPS) is 12.6. The van der Waals surface area contributed by atoms with Crippen molar-refractivity contribution in [1.82, 2.24) is 0 Å². The predicted molar refractivity (Wildman–Crippen MR) is 129 cm³/mol. The standard InChI is InChI=1S/C22H17N5O6S2/c23-17-10-12-19(22-16(17)7-4-8-20(22)34(28,29)30)27-26-18-11-9-15(13-21(18)35(31,32)33)25-24-14-5-2-1-3-6-14/h1-13H,23H2,(H,28,29,30)(H,31,32,33)/b25-24+,27-26+. The van der Waals surface area contributed by atoms with Crippen LogP contribution in [-0.4, -0.2) is 25.9 Å². The first-order valence-electron chi connectivity index (χ1n) is 9.83. The maximum absolute atomic E-state index is 12.0. The number of nitrogen functional groups attached to an aromatic ring is 1. The van der Waals surface area contributed by atoms with Gasteiger partial charge in [0.15, 0.2) is 0 Å². The van der Waals surface area contributed by atoms with Gasteiger partial charge in [-0.2, -0.15) is 27.1 Å². The largest absolute Gasteiger partial charge is 0.398 e. The molecule has 4 aromatic carbocycles. The summed E-state index contributed by atoms with van der Waals surface area (Å²) in [6.45, 7) is 0. The average Bonchev–Trinajstić information content (AvgIpc) is 2.82. The Morgan fingerprint density at radius 2 is 1.23 bits per heavy atom. The van der Waals surface area contributed by atoms with Crippen LogP contribution in [0.2, 0.25) is 0 Å². The van der Waals surface area contributed by atoms with E-state index in [2.05, 4.69) is 20.5 Å². The maximum atomic E-state index is 12.0. The highest BCUT2D eigenvalue weighted by molar-refractivity contribution is 7.86. The first-order chi connectivity index (χ1) is 16.5. The Morgan fingerprint density at radius 1 is 0.600 bits per heavy atom. The van der Waals surface area contributed by atoms with E-state index in [1.165, 1.54) is 42.5 Å². The molecule has 0 aromatic heterocycles. The molecule has 4 aromatic rings. The lowest BCUT2D eigenvalue weighted by atomic mass is 10.1. The maximum Gasteiger partial charge on any atom is 0.296 e. The number of anilines is 1. The summed E-state index contributed by atoms with van der Waals surface area (Å²) in [6.07, 6.45) is 0. The second kappa shape index (κ2) is 9.31. The Kier molecular flexibility index (Phi) is 6.41. The first kappa shape index (κ1) is 24.1. The molecule has 0 unspecified atom stereocenters. The second-order valence-electron chi connectivity index (χ2n) is 7.19. The second-order valence-corrected chi connectivity index (χ2v) is 9.97. The fourth-order valence-electron chi connectivity index (χ4n) is 3.25. The number of nitrogens with two attached hydrogens (primary N) is 1. The van der Waals surface area contributed by atoms with Crippen LogP contribution in [-0.2, 0) is 20.2 Å². The van der Waals surface area contributed by atoms with Gasteiger partial charge in [-0.1, -0.05) is 30.3 Å². The Balaban J connectivity index is 1.81. The fraction of sp³-hybridized carbons (Fsp3) is 0. The lowest BCUT2D eigenvalue weighted by Crippen LogP contribution is -2.00. The average molecular weight is 512 g/mol. The van der Waals surface area contributed by atoms with Crippen molar-refractivity contribution in [2.75, 3.05) is 5.73 Å². The monoisotopic (exact) mass is 511 g/mol. The zero-order valence-electron chi connectivity index (χ0n) is 17.7. The number of azo groups is 2. The van der Waals surface area contributed by atoms with Gasteiger partial charge in [0, 0.05) is 16.5 Å². The molecule has 0 radical (unpaired) electrons. The van der Waals surface area contributed by atoms with E-state index in [4.69, 9.17) is 5.73 Å². The number of hydrogen-bond acceptors (Lipinski definition) is 9. The number of rotatable bonds is 6. The molecule has 0 aliphatic rings. The molecule has 0 spiro atoms. The van der Waals surface area contributed by atoms with Gasteiger partial charge >= 0.3 is 0 Å². The fourth-order valence-corrected chi connectivity index (χ4v) is 4.61. The van der Waals surface area contributed by atoms with Gasteiger partial charge in [0.05, 0.1) is 17.1 Å². The molecule has 0 saturated carbocycles. The molecular weight excluding hydrogens is 494 g/mol. The van der Waals surface area contributed by atoms with Crippen LogP contribution < -0.4 is 5.73 Å². The van der Waals surface area contributed by atoms with Crippen molar-refractivity contribution in [3.05, 3.63) is 78.9 Å². The van der Waals surface area contributed by atoms with Gasteiger partial charge in [-0.3, -0.25) is 9.11 Å². The van der Waals surface area contributed by atoms with Crippen LogP contribution in [0.5, 0.6) is 0 Å². The van der Waals surface area contributed by atoms with E-state index in [1.807, 2.05) is 0 Å². The molecule has 0 saturated heterocycles. The molecule has 4 rings (SSSR count). The van der Waals surface area contributed by atoms with Crippen LogP contribution in [0.4, 0.5) is 28.4 Å². The number of hydrogen-bond donors (Lipinski definition) is 3. The van der Waals surface area contributed by atoms with Crippen LogP contribution in [0.15, 0.2) is 109 Å². The third-order valence-corrected chi connectivity index (χ3v) is 6.59.